The second-order valence-corrected chi connectivity index (χ2v) is 6.66. The maximum Gasteiger partial charge on any atom is 0.253 e. The highest BCUT2D eigenvalue weighted by Crippen LogP contribution is 2.25. The third-order valence-electron chi connectivity index (χ3n) is 5.35. The first kappa shape index (κ1) is 16.3. The smallest absolute Gasteiger partial charge is 0.253 e. The van der Waals surface area contributed by atoms with Crippen molar-refractivity contribution in [1.29, 1.82) is 0 Å². The number of nitrogens with zero attached hydrogens (tertiary/aromatic N) is 3. The van der Waals surface area contributed by atoms with E-state index >= 15 is 0 Å². The third kappa shape index (κ3) is 3.52. The first-order chi connectivity index (χ1) is 11.2. The van der Waals surface area contributed by atoms with Crippen molar-refractivity contribution >= 4 is 11.6 Å². The van der Waals surface area contributed by atoms with Gasteiger partial charge in [-0.2, -0.15) is 0 Å². The largest absolute Gasteiger partial charge is 0.370 e. The molecule has 1 aromatic rings. The zero-order chi connectivity index (χ0) is 16.2. The summed E-state index contributed by atoms with van der Waals surface area (Å²) >= 11 is 0. The van der Waals surface area contributed by atoms with Gasteiger partial charge in [0.25, 0.3) is 5.91 Å². The number of amides is 1. The summed E-state index contributed by atoms with van der Waals surface area (Å²) in [7, 11) is 0. The van der Waals surface area contributed by atoms with Crippen LogP contribution in [0.5, 0.6) is 0 Å². The summed E-state index contributed by atoms with van der Waals surface area (Å²) in [4.78, 5) is 19.4. The van der Waals surface area contributed by atoms with Gasteiger partial charge in [-0.05, 0) is 70.5 Å². The lowest BCUT2D eigenvalue weighted by Crippen LogP contribution is -2.35. The molecule has 23 heavy (non-hydrogen) atoms. The second kappa shape index (κ2) is 7.35. The van der Waals surface area contributed by atoms with Crippen molar-refractivity contribution in [3.05, 3.63) is 29.8 Å². The summed E-state index contributed by atoms with van der Waals surface area (Å²) in [6, 6.07) is 8.92. The lowest BCUT2D eigenvalue weighted by Gasteiger charge is -2.24. The molecule has 2 aliphatic rings. The van der Waals surface area contributed by atoms with Crippen LogP contribution in [0.4, 0.5) is 5.69 Å². The molecule has 3 rings (SSSR count). The predicted octanol–water partition coefficient (Wildman–Crippen LogP) is 2.84. The molecule has 4 nitrogen and oxygen atoms in total. The van der Waals surface area contributed by atoms with Crippen LogP contribution in [0.3, 0.4) is 0 Å². The number of carbonyl (C=O) groups is 1. The number of hydrogen-bond donors (Lipinski definition) is 0. The minimum Gasteiger partial charge on any atom is -0.370 e. The standard InChI is InChI=1S/C19H29N3O/c1-3-20(4-2)19(23)16-7-9-17(10-8-16)22-14-11-18(15-22)21-12-5-6-13-21/h7-10,18H,3-6,11-15H2,1-2H3. The molecule has 1 unspecified atom stereocenters. The summed E-state index contributed by atoms with van der Waals surface area (Å²) in [5.74, 6) is 0.137. The van der Waals surface area contributed by atoms with Gasteiger partial charge in [0.2, 0.25) is 0 Å². The lowest BCUT2D eigenvalue weighted by molar-refractivity contribution is 0.0773. The van der Waals surface area contributed by atoms with Crippen molar-refractivity contribution in [2.24, 2.45) is 0 Å². The summed E-state index contributed by atoms with van der Waals surface area (Å²) in [5.41, 5.74) is 2.05. The molecule has 126 valence electrons. The zero-order valence-corrected chi connectivity index (χ0v) is 14.5. The summed E-state index contributed by atoms with van der Waals surface area (Å²) < 4.78 is 0. The maximum atomic E-state index is 12.4. The van der Waals surface area contributed by atoms with E-state index in [4.69, 9.17) is 0 Å². The molecule has 0 spiro atoms. The third-order valence-corrected chi connectivity index (χ3v) is 5.35. The second-order valence-electron chi connectivity index (χ2n) is 6.66. The van der Waals surface area contributed by atoms with Crippen LogP contribution < -0.4 is 4.90 Å². The van der Waals surface area contributed by atoms with Crippen molar-refractivity contribution < 1.29 is 4.79 Å². The molecule has 1 atom stereocenters. The Kier molecular flexibility index (Phi) is 5.21. The Morgan fingerprint density at radius 1 is 1.09 bits per heavy atom. The van der Waals surface area contributed by atoms with Crippen molar-refractivity contribution in [3.63, 3.8) is 0 Å². The maximum absolute atomic E-state index is 12.4. The number of hydrogen-bond acceptors (Lipinski definition) is 3. The highest BCUT2D eigenvalue weighted by atomic mass is 16.2. The molecule has 0 bridgehead atoms. The van der Waals surface area contributed by atoms with Gasteiger partial charge in [-0.15, -0.1) is 0 Å². The topological polar surface area (TPSA) is 26.8 Å². The number of anilines is 1. The van der Waals surface area contributed by atoms with Gasteiger partial charge < -0.3 is 9.80 Å². The van der Waals surface area contributed by atoms with Crippen LogP contribution in [-0.2, 0) is 0 Å². The van der Waals surface area contributed by atoms with Crippen LogP contribution in [0.25, 0.3) is 0 Å². The molecule has 0 saturated carbocycles. The predicted molar refractivity (Wildman–Crippen MR) is 95.1 cm³/mol. The normalized spacial score (nSPS) is 21.8. The van der Waals surface area contributed by atoms with E-state index < -0.39 is 0 Å². The van der Waals surface area contributed by atoms with E-state index in [-0.39, 0.29) is 5.91 Å². The van der Waals surface area contributed by atoms with E-state index in [1.807, 2.05) is 30.9 Å². The van der Waals surface area contributed by atoms with Crippen molar-refractivity contribution in [3.8, 4) is 0 Å². The molecule has 0 radical (unpaired) electrons. The van der Waals surface area contributed by atoms with Crippen LogP contribution >= 0.6 is 0 Å². The molecule has 2 heterocycles. The average Bonchev–Trinajstić information content (AvgIpc) is 3.27. The Labute approximate surface area is 140 Å². The first-order valence-electron chi connectivity index (χ1n) is 9.11. The Balaban J connectivity index is 1.62. The van der Waals surface area contributed by atoms with Gasteiger partial charge in [-0.1, -0.05) is 0 Å². The number of likely N-dealkylation sites (tertiary alicyclic amines) is 1. The fraction of sp³-hybridized carbons (Fsp3) is 0.632. The van der Waals surface area contributed by atoms with E-state index in [0.29, 0.717) is 0 Å². The minimum atomic E-state index is 0.137. The van der Waals surface area contributed by atoms with Crippen molar-refractivity contribution in [2.45, 2.75) is 39.2 Å². The van der Waals surface area contributed by atoms with Gasteiger partial charge >= 0.3 is 0 Å². The highest BCUT2D eigenvalue weighted by molar-refractivity contribution is 5.94. The SMILES string of the molecule is CCN(CC)C(=O)c1ccc(N2CCC(N3CCCC3)C2)cc1. The number of rotatable bonds is 5. The Morgan fingerprint density at radius 3 is 2.35 bits per heavy atom. The van der Waals surface area contributed by atoms with Crippen molar-refractivity contribution in [2.75, 3.05) is 44.2 Å². The molecule has 1 amide bonds. The molecular formula is C19H29N3O. The van der Waals surface area contributed by atoms with Crippen LogP contribution in [0.15, 0.2) is 24.3 Å². The Bertz CT molecular complexity index is 518. The van der Waals surface area contributed by atoms with Crippen LogP contribution in [0, 0.1) is 0 Å². The van der Waals surface area contributed by atoms with E-state index in [9.17, 15) is 4.79 Å². The van der Waals surface area contributed by atoms with Crippen molar-refractivity contribution in [1.82, 2.24) is 9.80 Å². The van der Waals surface area contributed by atoms with Gasteiger partial charge in [0.1, 0.15) is 0 Å². The number of carbonyl (C=O) groups excluding carboxylic acids is 1. The molecule has 1 aromatic carbocycles. The summed E-state index contributed by atoms with van der Waals surface area (Å²) in [6.45, 7) is 10.4. The molecule has 2 saturated heterocycles. The van der Waals surface area contributed by atoms with Gasteiger partial charge in [0, 0.05) is 43.5 Å². The van der Waals surface area contributed by atoms with Crippen LogP contribution in [0.1, 0.15) is 43.5 Å². The number of benzene rings is 1. The highest BCUT2D eigenvalue weighted by Gasteiger charge is 2.29. The zero-order valence-electron chi connectivity index (χ0n) is 14.5. The first-order valence-corrected chi connectivity index (χ1v) is 9.11. The Hall–Kier alpha value is -1.55. The molecule has 2 aliphatic heterocycles. The molecular weight excluding hydrogens is 286 g/mol. The summed E-state index contributed by atoms with van der Waals surface area (Å²) in [5, 5.41) is 0. The van der Waals surface area contributed by atoms with E-state index in [2.05, 4.69) is 21.9 Å². The molecule has 2 fully saturated rings. The van der Waals surface area contributed by atoms with E-state index in [0.717, 1.165) is 37.8 Å². The van der Waals surface area contributed by atoms with Gasteiger partial charge in [-0.25, -0.2) is 0 Å². The quantitative estimate of drug-likeness (QED) is 0.836. The minimum absolute atomic E-state index is 0.137. The lowest BCUT2D eigenvalue weighted by atomic mass is 10.1. The van der Waals surface area contributed by atoms with E-state index in [1.165, 1.54) is 38.0 Å². The molecule has 0 aromatic heterocycles. The molecule has 0 aliphatic carbocycles. The fourth-order valence-electron chi connectivity index (χ4n) is 3.89. The molecule has 4 heteroatoms. The van der Waals surface area contributed by atoms with Crippen LogP contribution in [-0.4, -0.2) is 61.0 Å². The van der Waals surface area contributed by atoms with E-state index in [1.54, 1.807) is 0 Å². The monoisotopic (exact) mass is 315 g/mol. The molecule has 0 N–H and O–H groups in total. The van der Waals surface area contributed by atoms with Gasteiger partial charge in [0.15, 0.2) is 0 Å². The summed E-state index contributed by atoms with van der Waals surface area (Å²) in [6.07, 6.45) is 3.98. The van der Waals surface area contributed by atoms with Crippen LogP contribution in [0.2, 0.25) is 0 Å². The van der Waals surface area contributed by atoms with Gasteiger partial charge in [-0.3, -0.25) is 9.69 Å². The van der Waals surface area contributed by atoms with Gasteiger partial charge in [0.05, 0.1) is 0 Å². The Morgan fingerprint density at radius 2 is 1.74 bits per heavy atom. The fourth-order valence-corrected chi connectivity index (χ4v) is 3.89. The average molecular weight is 315 g/mol.